The van der Waals surface area contributed by atoms with E-state index in [0.717, 1.165) is 17.7 Å². The average molecular weight is 578 g/mol. The van der Waals surface area contributed by atoms with Crippen LogP contribution in [0.25, 0.3) is 11.4 Å². The van der Waals surface area contributed by atoms with Crippen LogP contribution in [0.5, 0.6) is 5.75 Å². The highest BCUT2D eigenvalue weighted by Gasteiger charge is 2.30. The van der Waals surface area contributed by atoms with Crippen molar-refractivity contribution in [2.75, 3.05) is 23.6 Å². The van der Waals surface area contributed by atoms with Gasteiger partial charge in [0.05, 0.1) is 10.5 Å². The van der Waals surface area contributed by atoms with Gasteiger partial charge in [-0.1, -0.05) is 48.2 Å². The van der Waals surface area contributed by atoms with Gasteiger partial charge in [0.2, 0.25) is 5.16 Å². The van der Waals surface area contributed by atoms with E-state index in [1.807, 2.05) is 30.3 Å². The fourth-order valence-electron chi connectivity index (χ4n) is 3.26. The highest BCUT2D eigenvalue weighted by atomic mass is 32.2. The highest BCUT2D eigenvalue weighted by molar-refractivity contribution is 7.99. The number of hydrogen-bond donors (Lipinski definition) is 3. The van der Waals surface area contributed by atoms with E-state index in [9.17, 15) is 26.4 Å². The Morgan fingerprint density at radius 1 is 1.00 bits per heavy atom. The van der Waals surface area contributed by atoms with Crippen LogP contribution in [-0.4, -0.2) is 48.4 Å². The number of aromatic nitrogens is 3. The van der Waals surface area contributed by atoms with Crippen LogP contribution < -0.4 is 14.8 Å². The number of nitrogens with one attached hydrogen (secondary N) is 3. The van der Waals surface area contributed by atoms with Gasteiger partial charge in [0.1, 0.15) is 5.75 Å². The zero-order valence-electron chi connectivity index (χ0n) is 20.1. The van der Waals surface area contributed by atoms with Crippen LogP contribution in [0.15, 0.2) is 88.9 Å². The first-order chi connectivity index (χ1) is 18.6. The molecule has 0 aliphatic heterocycles. The molecule has 0 unspecified atom stereocenters. The maximum absolute atomic E-state index is 12.9. The van der Waals surface area contributed by atoms with Crippen molar-refractivity contribution in [3.63, 3.8) is 0 Å². The molecule has 4 aromatic rings. The molecule has 1 amide bonds. The lowest BCUT2D eigenvalue weighted by Gasteiger charge is -2.12. The summed E-state index contributed by atoms with van der Waals surface area (Å²) in [7, 11) is -4.14. The SMILES string of the molecule is O=C(COc1ccc(S(=O)(=O)Nc2cccc(C(F)(F)F)c2)cc1)NCCSc1n[nH]c(-c2ccccc2)n1. The summed E-state index contributed by atoms with van der Waals surface area (Å²) in [6.45, 7) is 0.0541. The van der Waals surface area contributed by atoms with Crippen LogP contribution in [0.1, 0.15) is 5.56 Å². The van der Waals surface area contributed by atoms with Crippen molar-refractivity contribution in [3.05, 3.63) is 84.4 Å². The maximum atomic E-state index is 12.9. The first kappa shape index (κ1) is 28.0. The number of sulfonamides is 1. The summed E-state index contributed by atoms with van der Waals surface area (Å²) < 4.78 is 71.3. The molecule has 14 heteroatoms. The molecule has 0 saturated heterocycles. The molecule has 0 fully saturated rings. The van der Waals surface area contributed by atoms with E-state index in [1.54, 1.807) is 0 Å². The predicted octanol–water partition coefficient (Wildman–Crippen LogP) is 4.58. The van der Waals surface area contributed by atoms with Crippen LogP contribution in [0.2, 0.25) is 0 Å². The molecular weight excluding hydrogens is 555 g/mol. The number of ether oxygens (including phenoxy) is 1. The lowest BCUT2D eigenvalue weighted by molar-refractivity contribution is -0.137. The summed E-state index contributed by atoms with van der Waals surface area (Å²) in [6.07, 6.45) is -4.60. The third kappa shape index (κ3) is 7.97. The first-order valence-corrected chi connectivity index (χ1v) is 13.9. The molecule has 0 radical (unpaired) electrons. The fourth-order valence-corrected chi connectivity index (χ4v) is 4.96. The Labute approximate surface area is 226 Å². The van der Waals surface area contributed by atoms with E-state index in [0.29, 0.717) is 29.3 Å². The lowest BCUT2D eigenvalue weighted by Crippen LogP contribution is -2.30. The van der Waals surface area contributed by atoms with E-state index >= 15 is 0 Å². The zero-order chi connectivity index (χ0) is 27.9. The van der Waals surface area contributed by atoms with Crippen molar-refractivity contribution in [1.29, 1.82) is 0 Å². The molecule has 39 heavy (non-hydrogen) atoms. The average Bonchev–Trinajstić information content (AvgIpc) is 3.39. The topological polar surface area (TPSA) is 126 Å². The number of carbonyl (C=O) groups excluding carboxylic acids is 1. The van der Waals surface area contributed by atoms with Gasteiger partial charge >= 0.3 is 6.18 Å². The molecule has 0 saturated carbocycles. The molecular formula is C25H22F3N5O4S2. The second-order valence-corrected chi connectivity index (χ2v) is 10.7. The molecule has 0 atom stereocenters. The first-order valence-electron chi connectivity index (χ1n) is 11.4. The Morgan fingerprint density at radius 2 is 1.74 bits per heavy atom. The van der Waals surface area contributed by atoms with Crippen LogP contribution in [0.3, 0.4) is 0 Å². The van der Waals surface area contributed by atoms with Crippen molar-refractivity contribution in [2.24, 2.45) is 0 Å². The second-order valence-electron chi connectivity index (χ2n) is 7.98. The van der Waals surface area contributed by atoms with Gasteiger partial charge in [-0.2, -0.15) is 13.2 Å². The summed E-state index contributed by atoms with van der Waals surface area (Å²) in [5.41, 5.74) is -0.280. The number of thioether (sulfide) groups is 1. The zero-order valence-corrected chi connectivity index (χ0v) is 21.7. The Morgan fingerprint density at radius 3 is 2.46 bits per heavy atom. The molecule has 9 nitrogen and oxygen atoms in total. The Bertz CT molecular complexity index is 1510. The number of aromatic amines is 1. The number of H-pyrrole nitrogens is 1. The number of amides is 1. The standard InChI is InChI=1S/C25H22F3N5O4S2/c26-25(27,28)18-7-4-8-19(15-18)33-39(35,36)21-11-9-20(10-12-21)37-16-22(34)29-13-14-38-24-30-23(31-32-24)17-5-2-1-3-6-17/h1-12,15,33H,13-14,16H2,(H,29,34)(H,30,31,32). The number of carbonyl (C=O) groups is 1. The monoisotopic (exact) mass is 577 g/mol. The van der Waals surface area contributed by atoms with E-state index in [4.69, 9.17) is 4.74 Å². The largest absolute Gasteiger partial charge is 0.484 e. The van der Waals surface area contributed by atoms with Crippen molar-refractivity contribution in [3.8, 4) is 17.1 Å². The van der Waals surface area contributed by atoms with Gasteiger partial charge in [0, 0.05) is 23.5 Å². The molecule has 4 rings (SSSR count). The maximum Gasteiger partial charge on any atom is 0.416 e. The lowest BCUT2D eigenvalue weighted by atomic mass is 10.2. The third-order valence-corrected chi connectivity index (χ3v) is 7.36. The van der Waals surface area contributed by atoms with E-state index in [1.165, 1.54) is 42.1 Å². The normalized spacial score (nSPS) is 11.7. The molecule has 0 aliphatic carbocycles. The van der Waals surface area contributed by atoms with E-state index < -0.39 is 21.8 Å². The molecule has 0 aliphatic rings. The number of nitrogens with zero attached hydrogens (tertiary/aromatic N) is 2. The molecule has 204 valence electrons. The number of hydrogen-bond acceptors (Lipinski definition) is 7. The Balaban J connectivity index is 1.20. The summed E-state index contributed by atoms with van der Waals surface area (Å²) in [6, 6.07) is 18.6. The highest BCUT2D eigenvalue weighted by Crippen LogP contribution is 2.31. The molecule has 1 aromatic heterocycles. The number of rotatable bonds is 11. The van der Waals surface area contributed by atoms with Crippen LogP contribution in [0, 0.1) is 0 Å². The minimum atomic E-state index is -4.60. The Kier molecular flexibility index (Phi) is 8.76. The minimum absolute atomic E-state index is 0.184. The molecule has 0 spiro atoms. The van der Waals surface area contributed by atoms with Gasteiger partial charge in [-0.25, -0.2) is 13.4 Å². The molecule has 1 heterocycles. The van der Waals surface area contributed by atoms with Gasteiger partial charge in [-0.15, -0.1) is 5.10 Å². The number of anilines is 1. The van der Waals surface area contributed by atoms with Gasteiger partial charge < -0.3 is 10.1 Å². The van der Waals surface area contributed by atoms with Gasteiger partial charge in [0.15, 0.2) is 12.4 Å². The van der Waals surface area contributed by atoms with Crippen molar-refractivity contribution >= 4 is 33.4 Å². The summed E-state index contributed by atoms with van der Waals surface area (Å²) in [5.74, 6) is 1.05. The van der Waals surface area contributed by atoms with Crippen molar-refractivity contribution in [1.82, 2.24) is 20.5 Å². The predicted molar refractivity (Wildman–Crippen MR) is 140 cm³/mol. The number of alkyl halides is 3. The van der Waals surface area contributed by atoms with Crippen molar-refractivity contribution < 1.29 is 31.1 Å². The van der Waals surface area contributed by atoms with Gasteiger partial charge in [0.25, 0.3) is 15.9 Å². The number of benzene rings is 3. The van der Waals surface area contributed by atoms with Crippen molar-refractivity contribution in [2.45, 2.75) is 16.2 Å². The smallest absolute Gasteiger partial charge is 0.416 e. The minimum Gasteiger partial charge on any atom is -0.484 e. The summed E-state index contributed by atoms with van der Waals surface area (Å²) in [5, 5.41) is 10.3. The quantitative estimate of drug-likeness (QED) is 0.176. The van der Waals surface area contributed by atoms with Crippen LogP contribution in [-0.2, 0) is 21.0 Å². The van der Waals surface area contributed by atoms with Crippen LogP contribution in [0.4, 0.5) is 18.9 Å². The van der Waals surface area contributed by atoms with Gasteiger partial charge in [-0.3, -0.25) is 14.6 Å². The number of halogens is 3. The van der Waals surface area contributed by atoms with Crippen LogP contribution >= 0.6 is 11.8 Å². The Hall–Kier alpha value is -4.04. The van der Waals surface area contributed by atoms with E-state index in [2.05, 4.69) is 25.2 Å². The van der Waals surface area contributed by atoms with Gasteiger partial charge in [-0.05, 0) is 42.5 Å². The molecule has 3 aromatic carbocycles. The fraction of sp³-hybridized carbons (Fsp3) is 0.160. The summed E-state index contributed by atoms with van der Waals surface area (Å²) in [4.78, 5) is 16.3. The van der Waals surface area contributed by atoms with E-state index in [-0.39, 0.29) is 28.8 Å². The summed E-state index contributed by atoms with van der Waals surface area (Å²) >= 11 is 1.37. The second kappa shape index (κ2) is 12.2. The third-order valence-electron chi connectivity index (χ3n) is 5.11. The molecule has 3 N–H and O–H groups in total. The molecule has 0 bridgehead atoms.